The topological polar surface area (TPSA) is 125 Å². The maximum Gasteiger partial charge on any atom is 0.408 e. The molecule has 26 heavy (non-hydrogen) atoms. The molecule has 0 saturated heterocycles. The summed E-state index contributed by atoms with van der Waals surface area (Å²) in [5.74, 6) is -2.02. The number of carbonyl (C=O) groups excluding carboxylic acids is 2. The smallest absolute Gasteiger partial charge is 0.408 e. The van der Waals surface area contributed by atoms with Crippen LogP contribution in [0.15, 0.2) is 43.0 Å². The van der Waals surface area contributed by atoms with Gasteiger partial charge in [0.15, 0.2) is 0 Å². The molecule has 4 N–H and O–H groups in total. The first-order valence-corrected chi connectivity index (χ1v) is 8.14. The standard InChI is InChI=1S/C18H24N2O6/c1-3-4-10-14(17(23)24)19-16(22)15(12(2)21)20-18(25)26-11-13-8-6-5-7-9-13/h3,5-9,12,14-15,21H,1,4,10-11H2,2H3,(H,19,22)(H,20,25)(H,23,24)/t12-,14+,15+/m1/s1. The molecule has 8 nitrogen and oxygen atoms in total. The van der Waals surface area contributed by atoms with Gasteiger partial charge in [-0.15, -0.1) is 6.58 Å². The Balaban J connectivity index is 2.62. The van der Waals surface area contributed by atoms with Crippen molar-refractivity contribution in [3.63, 3.8) is 0 Å². The van der Waals surface area contributed by atoms with Crippen LogP contribution >= 0.6 is 0 Å². The van der Waals surface area contributed by atoms with Gasteiger partial charge in [-0.05, 0) is 25.3 Å². The van der Waals surface area contributed by atoms with Gasteiger partial charge in [0, 0.05) is 0 Å². The molecule has 0 spiro atoms. The van der Waals surface area contributed by atoms with Crippen molar-refractivity contribution in [1.29, 1.82) is 0 Å². The lowest BCUT2D eigenvalue weighted by atomic mass is 10.1. The summed E-state index contributed by atoms with van der Waals surface area (Å²) >= 11 is 0. The lowest BCUT2D eigenvalue weighted by molar-refractivity contribution is -0.142. The Labute approximate surface area is 151 Å². The van der Waals surface area contributed by atoms with Gasteiger partial charge in [-0.25, -0.2) is 9.59 Å². The number of allylic oxidation sites excluding steroid dienone is 1. The molecule has 1 aromatic carbocycles. The minimum absolute atomic E-state index is 0.00208. The molecule has 0 saturated carbocycles. The van der Waals surface area contributed by atoms with Gasteiger partial charge in [0.05, 0.1) is 6.10 Å². The van der Waals surface area contributed by atoms with E-state index >= 15 is 0 Å². The van der Waals surface area contributed by atoms with Gasteiger partial charge in [0.25, 0.3) is 0 Å². The van der Waals surface area contributed by atoms with Gasteiger partial charge in [0.1, 0.15) is 18.7 Å². The van der Waals surface area contributed by atoms with E-state index in [1.54, 1.807) is 24.3 Å². The number of carboxylic acid groups (broad SMARTS) is 1. The van der Waals surface area contributed by atoms with E-state index in [9.17, 15) is 19.5 Å². The van der Waals surface area contributed by atoms with Crippen molar-refractivity contribution in [2.24, 2.45) is 0 Å². The summed E-state index contributed by atoms with van der Waals surface area (Å²) in [4.78, 5) is 35.3. The lowest BCUT2D eigenvalue weighted by Crippen LogP contribution is -2.55. The van der Waals surface area contributed by atoms with Crippen LogP contribution in [0.2, 0.25) is 0 Å². The molecule has 0 bridgehead atoms. The summed E-state index contributed by atoms with van der Waals surface area (Å²) in [7, 11) is 0. The maximum atomic E-state index is 12.2. The van der Waals surface area contributed by atoms with Crippen molar-refractivity contribution >= 4 is 18.0 Å². The molecular weight excluding hydrogens is 340 g/mol. The maximum absolute atomic E-state index is 12.2. The molecule has 8 heteroatoms. The number of rotatable bonds is 10. The SMILES string of the molecule is C=CCC[C@H](NC(=O)[C@@H](NC(=O)OCc1ccccc1)[C@@H](C)O)C(=O)O. The molecule has 3 atom stereocenters. The third-order valence-electron chi connectivity index (χ3n) is 3.53. The van der Waals surface area contributed by atoms with Crippen molar-refractivity contribution in [1.82, 2.24) is 10.6 Å². The Bertz CT molecular complexity index is 617. The van der Waals surface area contributed by atoms with Gasteiger partial charge in [-0.1, -0.05) is 36.4 Å². The first kappa shape index (κ1) is 21.2. The number of aliphatic carboxylic acids is 1. The van der Waals surface area contributed by atoms with Crippen molar-refractivity contribution in [2.75, 3.05) is 0 Å². The molecular formula is C18H24N2O6. The highest BCUT2D eigenvalue weighted by atomic mass is 16.5. The largest absolute Gasteiger partial charge is 0.480 e. The van der Waals surface area contributed by atoms with Crippen molar-refractivity contribution in [3.8, 4) is 0 Å². The quantitative estimate of drug-likeness (QED) is 0.462. The number of hydrogen-bond donors (Lipinski definition) is 4. The Kier molecular flexibility index (Phi) is 8.86. The Hall–Kier alpha value is -2.87. The van der Waals surface area contributed by atoms with Crippen LogP contribution in [0.1, 0.15) is 25.3 Å². The zero-order valence-electron chi connectivity index (χ0n) is 14.6. The monoisotopic (exact) mass is 364 g/mol. The van der Waals surface area contributed by atoms with Crippen LogP contribution in [0, 0.1) is 0 Å². The summed E-state index contributed by atoms with van der Waals surface area (Å²) in [6.45, 7) is 4.80. The first-order valence-electron chi connectivity index (χ1n) is 8.14. The second kappa shape index (κ2) is 10.9. The fourth-order valence-electron chi connectivity index (χ4n) is 2.10. The van der Waals surface area contributed by atoms with Crippen LogP contribution in [0.3, 0.4) is 0 Å². The number of aliphatic hydroxyl groups is 1. The number of carboxylic acids is 1. The molecule has 0 fully saturated rings. The molecule has 2 amide bonds. The fourth-order valence-corrected chi connectivity index (χ4v) is 2.10. The molecule has 0 aliphatic rings. The van der Waals surface area contributed by atoms with Gasteiger partial charge in [0.2, 0.25) is 5.91 Å². The number of ether oxygens (including phenoxy) is 1. The third-order valence-corrected chi connectivity index (χ3v) is 3.53. The molecule has 0 heterocycles. The average molecular weight is 364 g/mol. The normalized spacial score (nSPS) is 13.8. The number of benzene rings is 1. The van der Waals surface area contributed by atoms with Gasteiger partial charge < -0.3 is 25.6 Å². The molecule has 1 aromatic rings. The zero-order chi connectivity index (χ0) is 19.5. The minimum atomic E-state index is -1.34. The van der Waals surface area contributed by atoms with Gasteiger partial charge >= 0.3 is 12.1 Å². The molecule has 0 aliphatic carbocycles. The second-order valence-corrected chi connectivity index (χ2v) is 5.69. The minimum Gasteiger partial charge on any atom is -0.480 e. The summed E-state index contributed by atoms with van der Waals surface area (Å²) in [6, 6.07) is 6.44. The zero-order valence-corrected chi connectivity index (χ0v) is 14.6. The van der Waals surface area contributed by atoms with Crippen LogP contribution in [0.5, 0.6) is 0 Å². The Morgan fingerprint density at radius 1 is 1.23 bits per heavy atom. The Morgan fingerprint density at radius 3 is 2.42 bits per heavy atom. The van der Waals surface area contributed by atoms with E-state index in [0.717, 1.165) is 5.56 Å². The average Bonchev–Trinajstić information content (AvgIpc) is 2.61. The number of amides is 2. The number of carbonyl (C=O) groups is 3. The van der Waals surface area contributed by atoms with Crippen LogP contribution in [0.25, 0.3) is 0 Å². The predicted octanol–water partition coefficient (Wildman–Crippen LogP) is 1.20. The summed E-state index contributed by atoms with van der Waals surface area (Å²) in [6.07, 6.45) is -0.0624. The summed E-state index contributed by atoms with van der Waals surface area (Å²) in [5.41, 5.74) is 0.760. The van der Waals surface area contributed by atoms with E-state index < -0.39 is 36.2 Å². The van der Waals surface area contributed by atoms with Crippen molar-refractivity contribution < 1.29 is 29.3 Å². The molecule has 1 rings (SSSR count). The highest BCUT2D eigenvalue weighted by Gasteiger charge is 2.29. The van der Waals surface area contributed by atoms with Crippen LogP contribution < -0.4 is 10.6 Å². The van der Waals surface area contributed by atoms with E-state index in [-0.39, 0.29) is 13.0 Å². The number of hydrogen-bond acceptors (Lipinski definition) is 5. The first-order chi connectivity index (χ1) is 12.3. The lowest BCUT2D eigenvalue weighted by Gasteiger charge is -2.23. The molecule has 142 valence electrons. The highest BCUT2D eigenvalue weighted by Crippen LogP contribution is 2.03. The number of alkyl carbamates (subject to hydrolysis) is 1. The van der Waals surface area contributed by atoms with Crippen molar-refractivity contribution in [3.05, 3.63) is 48.6 Å². The van der Waals surface area contributed by atoms with E-state index in [4.69, 9.17) is 9.84 Å². The van der Waals surface area contributed by atoms with E-state index in [2.05, 4.69) is 17.2 Å². The van der Waals surface area contributed by atoms with Gasteiger partial charge in [-0.2, -0.15) is 0 Å². The predicted molar refractivity (Wildman–Crippen MR) is 94.2 cm³/mol. The van der Waals surface area contributed by atoms with Crippen LogP contribution in [-0.2, 0) is 20.9 Å². The van der Waals surface area contributed by atoms with E-state index in [1.165, 1.54) is 13.0 Å². The number of aliphatic hydroxyl groups excluding tert-OH is 1. The van der Waals surface area contributed by atoms with E-state index in [0.29, 0.717) is 6.42 Å². The van der Waals surface area contributed by atoms with Crippen LogP contribution in [0.4, 0.5) is 4.79 Å². The fraction of sp³-hybridized carbons (Fsp3) is 0.389. The van der Waals surface area contributed by atoms with Gasteiger partial charge in [-0.3, -0.25) is 4.79 Å². The number of nitrogens with one attached hydrogen (secondary N) is 2. The van der Waals surface area contributed by atoms with Crippen molar-refractivity contribution in [2.45, 2.75) is 44.6 Å². The highest BCUT2D eigenvalue weighted by molar-refractivity contribution is 5.89. The third kappa shape index (κ3) is 7.35. The Morgan fingerprint density at radius 2 is 1.88 bits per heavy atom. The van der Waals surface area contributed by atoms with E-state index in [1.807, 2.05) is 6.07 Å². The van der Waals surface area contributed by atoms with Crippen LogP contribution in [-0.4, -0.2) is 46.4 Å². The molecule has 0 aromatic heterocycles. The summed E-state index contributed by atoms with van der Waals surface area (Å²) < 4.78 is 5.01. The molecule has 0 radical (unpaired) electrons. The summed E-state index contributed by atoms with van der Waals surface area (Å²) in [5, 5.41) is 23.4. The second-order valence-electron chi connectivity index (χ2n) is 5.69. The molecule has 0 unspecified atom stereocenters. The molecule has 0 aliphatic heterocycles.